The highest BCUT2D eigenvalue weighted by molar-refractivity contribution is 5.94. The Morgan fingerprint density at radius 1 is 0.962 bits per heavy atom. The Kier molecular flexibility index (Phi) is 5.84. The maximum absolute atomic E-state index is 12.4. The van der Waals surface area contributed by atoms with Gasteiger partial charge in [-0.05, 0) is 49.7 Å². The minimum absolute atomic E-state index is 0.172. The average Bonchev–Trinajstić information content (AvgIpc) is 2.68. The van der Waals surface area contributed by atoms with Crippen LogP contribution in [0.15, 0.2) is 36.4 Å². The summed E-state index contributed by atoms with van der Waals surface area (Å²) < 4.78 is 22.2. The van der Waals surface area contributed by atoms with Crippen molar-refractivity contribution < 1.29 is 23.7 Å². The van der Waals surface area contributed by atoms with Crippen LogP contribution in [0.3, 0.4) is 0 Å². The molecule has 0 unspecified atom stereocenters. The van der Waals surface area contributed by atoms with E-state index in [0.29, 0.717) is 61.5 Å². The van der Waals surface area contributed by atoms with E-state index in [4.69, 9.17) is 18.9 Å². The van der Waals surface area contributed by atoms with Crippen molar-refractivity contribution in [3.05, 3.63) is 47.5 Å². The molecule has 1 N–H and O–H groups in total. The Hall–Kier alpha value is -2.89. The molecular formula is C20H23NO5. The van der Waals surface area contributed by atoms with Gasteiger partial charge < -0.3 is 24.3 Å². The predicted octanol–water partition coefficient (Wildman–Crippen LogP) is 3.19. The molecule has 0 aromatic heterocycles. The molecular weight excluding hydrogens is 334 g/mol. The zero-order valence-electron chi connectivity index (χ0n) is 15.0. The Labute approximate surface area is 153 Å². The highest BCUT2D eigenvalue weighted by Gasteiger charge is 2.15. The van der Waals surface area contributed by atoms with E-state index < -0.39 is 0 Å². The van der Waals surface area contributed by atoms with Crippen molar-refractivity contribution in [2.45, 2.75) is 20.4 Å². The van der Waals surface area contributed by atoms with Crippen molar-refractivity contribution in [1.82, 2.24) is 5.32 Å². The van der Waals surface area contributed by atoms with Gasteiger partial charge in [0.05, 0.1) is 13.2 Å². The summed E-state index contributed by atoms with van der Waals surface area (Å²) in [4.78, 5) is 12.4. The Morgan fingerprint density at radius 3 is 2.46 bits per heavy atom. The van der Waals surface area contributed by atoms with E-state index >= 15 is 0 Å². The first-order valence-electron chi connectivity index (χ1n) is 8.77. The van der Waals surface area contributed by atoms with Crippen LogP contribution in [0.5, 0.6) is 23.0 Å². The number of hydrogen-bond acceptors (Lipinski definition) is 5. The van der Waals surface area contributed by atoms with Crippen molar-refractivity contribution in [2.24, 2.45) is 0 Å². The monoisotopic (exact) mass is 357 g/mol. The number of hydrogen-bond donors (Lipinski definition) is 1. The van der Waals surface area contributed by atoms with Gasteiger partial charge in [-0.25, -0.2) is 0 Å². The van der Waals surface area contributed by atoms with E-state index in [0.717, 1.165) is 5.56 Å². The lowest BCUT2D eigenvalue weighted by molar-refractivity contribution is 0.0949. The minimum atomic E-state index is -0.172. The van der Waals surface area contributed by atoms with E-state index in [1.165, 1.54) is 0 Å². The van der Waals surface area contributed by atoms with Gasteiger partial charge in [0, 0.05) is 12.1 Å². The van der Waals surface area contributed by atoms with Crippen LogP contribution in [0.4, 0.5) is 0 Å². The number of carbonyl (C=O) groups is 1. The maximum atomic E-state index is 12.4. The van der Waals surface area contributed by atoms with Gasteiger partial charge in [-0.15, -0.1) is 0 Å². The van der Waals surface area contributed by atoms with Gasteiger partial charge in [0.25, 0.3) is 5.91 Å². The second kappa shape index (κ2) is 8.47. The summed E-state index contributed by atoms with van der Waals surface area (Å²) in [6.45, 7) is 6.37. The fourth-order valence-electron chi connectivity index (χ4n) is 2.67. The van der Waals surface area contributed by atoms with Crippen LogP contribution in [-0.2, 0) is 6.54 Å². The van der Waals surface area contributed by atoms with Gasteiger partial charge in [0.1, 0.15) is 13.2 Å². The first-order valence-corrected chi connectivity index (χ1v) is 8.77. The molecule has 0 saturated heterocycles. The molecule has 0 aliphatic carbocycles. The van der Waals surface area contributed by atoms with Crippen LogP contribution in [0.1, 0.15) is 29.8 Å². The van der Waals surface area contributed by atoms with Crippen molar-refractivity contribution in [3.8, 4) is 23.0 Å². The van der Waals surface area contributed by atoms with E-state index in [9.17, 15) is 4.79 Å². The molecule has 2 aromatic rings. The first-order chi connectivity index (χ1) is 12.7. The summed E-state index contributed by atoms with van der Waals surface area (Å²) in [6.07, 6.45) is 0. The molecule has 1 aliphatic heterocycles. The SMILES string of the molecule is CCOc1ccc(CNC(=O)c2ccc3c(c2)OCCO3)cc1OCC. The lowest BCUT2D eigenvalue weighted by atomic mass is 10.1. The van der Waals surface area contributed by atoms with Crippen molar-refractivity contribution in [2.75, 3.05) is 26.4 Å². The van der Waals surface area contributed by atoms with Gasteiger partial charge in [0.2, 0.25) is 0 Å². The highest BCUT2D eigenvalue weighted by atomic mass is 16.6. The second-order valence-corrected chi connectivity index (χ2v) is 5.69. The van der Waals surface area contributed by atoms with Gasteiger partial charge in [-0.2, -0.15) is 0 Å². The topological polar surface area (TPSA) is 66.0 Å². The smallest absolute Gasteiger partial charge is 0.251 e. The molecule has 6 nitrogen and oxygen atoms in total. The van der Waals surface area contributed by atoms with Gasteiger partial charge in [-0.3, -0.25) is 4.79 Å². The average molecular weight is 357 g/mol. The van der Waals surface area contributed by atoms with Crippen molar-refractivity contribution in [1.29, 1.82) is 0 Å². The molecule has 0 radical (unpaired) electrons. The number of ether oxygens (including phenoxy) is 4. The van der Waals surface area contributed by atoms with Crippen LogP contribution in [-0.4, -0.2) is 32.3 Å². The maximum Gasteiger partial charge on any atom is 0.251 e. The summed E-state index contributed by atoms with van der Waals surface area (Å²) in [6, 6.07) is 10.9. The first kappa shape index (κ1) is 17.9. The van der Waals surface area contributed by atoms with Gasteiger partial charge in [0.15, 0.2) is 23.0 Å². The standard InChI is InChI=1S/C20H23NO5/c1-3-23-16-7-5-14(11-18(16)24-4-2)13-21-20(22)15-6-8-17-19(12-15)26-10-9-25-17/h5-8,11-12H,3-4,9-10,13H2,1-2H3,(H,21,22). The number of nitrogens with one attached hydrogen (secondary N) is 1. The molecule has 0 fully saturated rings. The van der Waals surface area contributed by atoms with Crippen molar-refractivity contribution >= 4 is 5.91 Å². The second-order valence-electron chi connectivity index (χ2n) is 5.69. The van der Waals surface area contributed by atoms with Gasteiger partial charge in [-0.1, -0.05) is 6.07 Å². The lowest BCUT2D eigenvalue weighted by Gasteiger charge is -2.18. The molecule has 0 atom stereocenters. The highest BCUT2D eigenvalue weighted by Crippen LogP contribution is 2.31. The Bertz CT molecular complexity index is 775. The summed E-state index contributed by atoms with van der Waals surface area (Å²) in [7, 11) is 0. The van der Waals surface area contributed by atoms with Gasteiger partial charge >= 0.3 is 0 Å². The van der Waals surface area contributed by atoms with Crippen LogP contribution in [0.2, 0.25) is 0 Å². The van der Waals surface area contributed by atoms with Crippen LogP contribution < -0.4 is 24.3 Å². The van der Waals surface area contributed by atoms with Crippen LogP contribution >= 0.6 is 0 Å². The number of rotatable bonds is 7. The molecule has 0 spiro atoms. The molecule has 138 valence electrons. The van der Waals surface area contributed by atoms with Crippen LogP contribution in [0.25, 0.3) is 0 Å². The molecule has 0 bridgehead atoms. The minimum Gasteiger partial charge on any atom is -0.490 e. The summed E-state index contributed by atoms with van der Waals surface area (Å²) in [5.74, 6) is 2.48. The van der Waals surface area contributed by atoms with E-state index in [1.54, 1.807) is 18.2 Å². The molecule has 26 heavy (non-hydrogen) atoms. The zero-order chi connectivity index (χ0) is 18.4. The quantitative estimate of drug-likeness (QED) is 0.824. The molecule has 6 heteroatoms. The number of fused-ring (bicyclic) bond motifs is 1. The molecule has 3 rings (SSSR count). The molecule has 1 aliphatic rings. The summed E-state index contributed by atoms with van der Waals surface area (Å²) in [5, 5.41) is 2.91. The number of amides is 1. The third-order valence-corrected chi connectivity index (χ3v) is 3.87. The van der Waals surface area contributed by atoms with E-state index in [2.05, 4.69) is 5.32 Å². The fourth-order valence-corrected chi connectivity index (χ4v) is 2.67. The summed E-state index contributed by atoms with van der Waals surface area (Å²) in [5.41, 5.74) is 1.47. The number of benzene rings is 2. The Morgan fingerprint density at radius 2 is 1.69 bits per heavy atom. The normalized spacial score (nSPS) is 12.4. The summed E-state index contributed by atoms with van der Waals surface area (Å²) >= 11 is 0. The molecule has 2 aromatic carbocycles. The third kappa shape index (κ3) is 4.20. The van der Waals surface area contributed by atoms with E-state index in [1.807, 2.05) is 32.0 Å². The van der Waals surface area contributed by atoms with Crippen LogP contribution in [0, 0.1) is 0 Å². The fraction of sp³-hybridized carbons (Fsp3) is 0.350. The molecule has 1 amide bonds. The third-order valence-electron chi connectivity index (χ3n) is 3.87. The lowest BCUT2D eigenvalue weighted by Crippen LogP contribution is -2.23. The zero-order valence-corrected chi connectivity index (χ0v) is 15.0. The number of carbonyl (C=O) groups excluding carboxylic acids is 1. The molecule has 0 saturated carbocycles. The van der Waals surface area contributed by atoms with Crippen molar-refractivity contribution in [3.63, 3.8) is 0 Å². The largest absolute Gasteiger partial charge is 0.490 e. The van der Waals surface area contributed by atoms with E-state index in [-0.39, 0.29) is 5.91 Å². The Balaban J connectivity index is 1.66. The predicted molar refractivity (Wildman–Crippen MR) is 97.4 cm³/mol. The molecule has 1 heterocycles.